The lowest BCUT2D eigenvalue weighted by molar-refractivity contribution is 0.103. The fourth-order valence-electron chi connectivity index (χ4n) is 4.28. The van der Waals surface area contributed by atoms with Gasteiger partial charge in [-0.2, -0.15) is 5.26 Å². The van der Waals surface area contributed by atoms with Gasteiger partial charge in [-0.25, -0.2) is 9.97 Å². The molecule has 0 radical (unpaired) electrons. The van der Waals surface area contributed by atoms with E-state index in [0.717, 1.165) is 36.6 Å². The number of rotatable bonds is 5. The highest BCUT2D eigenvalue weighted by Gasteiger charge is 2.23. The number of carbonyl (C=O) groups excluding carboxylic acids is 1. The van der Waals surface area contributed by atoms with E-state index in [1.807, 2.05) is 42.5 Å². The molecule has 1 aliphatic rings. The van der Waals surface area contributed by atoms with E-state index in [4.69, 9.17) is 16.0 Å². The van der Waals surface area contributed by atoms with Crippen molar-refractivity contribution in [1.29, 1.82) is 5.26 Å². The Kier molecular flexibility index (Phi) is 6.20. The van der Waals surface area contributed by atoms with Gasteiger partial charge in [0, 0.05) is 37.4 Å². The van der Waals surface area contributed by atoms with Gasteiger partial charge in [0.2, 0.25) is 5.78 Å². The summed E-state index contributed by atoms with van der Waals surface area (Å²) in [4.78, 5) is 24.6. The van der Waals surface area contributed by atoms with Crippen LogP contribution in [-0.2, 0) is 0 Å². The number of aromatic nitrogens is 2. The highest BCUT2D eigenvalue weighted by molar-refractivity contribution is 6.11. The standard InChI is InChI=1S/C28H24N6O/c29-16-19-9-11-20(12-10-19)22-15-23(28(30)32-17-22)27(35)24-7-4-8-26(33-24)34-14-13-31-25(18-34)21-5-2-1-3-6-21/h1-12,15,17,25,31H,13-14,18H2,(H2,30,32). The lowest BCUT2D eigenvalue weighted by Gasteiger charge is -2.35. The number of nitrogen functional groups attached to an aromatic ring is 1. The predicted molar refractivity (Wildman–Crippen MR) is 136 cm³/mol. The van der Waals surface area contributed by atoms with Crippen molar-refractivity contribution in [3.63, 3.8) is 0 Å². The highest BCUT2D eigenvalue weighted by atomic mass is 16.1. The molecule has 2 aromatic heterocycles. The van der Waals surface area contributed by atoms with Gasteiger partial charge in [0.25, 0.3) is 0 Å². The van der Waals surface area contributed by atoms with E-state index < -0.39 is 0 Å². The zero-order valence-corrected chi connectivity index (χ0v) is 19.1. The van der Waals surface area contributed by atoms with Crippen molar-refractivity contribution in [2.24, 2.45) is 0 Å². The molecule has 4 aromatic rings. The third-order valence-corrected chi connectivity index (χ3v) is 6.18. The zero-order chi connectivity index (χ0) is 24.2. The minimum absolute atomic E-state index is 0.158. The van der Waals surface area contributed by atoms with Crippen LogP contribution in [0.25, 0.3) is 11.1 Å². The van der Waals surface area contributed by atoms with Gasteiger partial charge in [-0.15, -0.1) is 0 Å². The van der Waals surface area contributed by atoms with E-state index in [1.165, 1.54) is 5.56 Å². The van der Waals surface area contributed by atoms with Crippen molar-refractivity contribution >= 4 is 17.4 Å². The Morgan fingerprint density at radius 3 is 2.60 bits per heavy atom. The average Bonchev–Trinajstić information content (AvgIpc) is 2.93. The molecule has 1 fully saturated rings. The molecule has 3 heterocycles. The molecule has 35 heavy (non-hydrogen) atoms. The largest absolute Gasteiger partial charge is 0.383 e. The Balaban J connectivity index is 1.40. The first-order chi connectivity index (χ1) is 17.1. The van der Waals surface area contributed by atoms with Crippen molar-refractivity contribution in [3.8, 4) is 17.2 Å². The Bertz CT molecular complexity index is 1400. The van der Waals surface area contributed by atoms with Crippen molar-refractivity contribution in [1.82, 2.24) is 15.3 Å². The summed E-state index contributed by atoms with van der Waals surface area (Å²) in [5.41, 5.74) is 10.1. The van der Waals surface area contributed by atoms with Crippen molar-refractivity contribution < 1.29 is 4.79 Å². The summed E-state index contributed by atoms with van der Waals surface area (Å²) >= 11 is 0. The lowest BCUT2D eigenvalue weighted by Crippen LogP contribution is -2.46. The van der Waals surface area contributed by atoms with Crippen LogP contribution in [0.5, 0.6) is 0 Å². The van der Waals surface area contributed by atoms with Crippen molar-refractivity contribution in [2.45, 2.75) is 6.04 Å². The van der Waals surface area contributed by atoms with Gasteiger partial charge < -0.3 is 16.0 Å². The zero-order valence-electron chi connectivity index (χ0n) is 19.1. The number of hydrogen-bond donors (Lipinski definition) is 2. The van der Waals surface area contributed by atoms with Crippen LogP contribution in [0.15, 0.2) is 85.1 Å². The van der Waals surface area contributed by atoms with Gasteiger partial charge in [0.1, 0.15) is 17.3 Å². The quantitative estimate of drug-likeness (QED) is 0.434. The van der Waals surface area contributed by atoms with Gasteiger partial charge >= 0.3 is 0 Å². The predicted octanol–water partition coefficient (Wildman–Crippen LogP) is 3.98. The van der Waals surface area contributed by atoms with Crippen molar-refractivity contribution in [3.05, 3.63) is 107 Å². The van der Waals surface area contributed by atoms with Crippen LogP contribution in [0.3, 0.4) is 0 Å². The number of nitrogens with one attached hydrogen (secondary N) is 1. The number of pyridine rings is 2. The van der Waals surface area contributed by atoms with Gasteiger partial charge in [-0.05, 0) is 41.5 Å². The van der Waals surface area contributed by atoms with E-state index in [0.29, 0.717) is 16.8 Å². The molecule has 172 valence electrons. The Morgan fingerprint density at radius 2 is 1.83 bits per heavy atom. The molecule has 0 aliphatic carbocycles. The van der Waals surface area contributed by atoms with Crippen LogP contribution >= 0.6 is 0 Å². The summed E-state index contributed by atoms with van der Waals surface area (Å²) in [5, 5.41) is 12.6. The molecule has 1 aliphatic heterocycles. The number of benzene rings is 2. The SMILES string of the molecule is N#Cc1ccc(-c2cnc(N)c(C(=O)c3cccc(N4CCNC(c5ccccc5)C4)n3)c2)cc1. The maximum absolute atomic E-state index is 13.4. The summed E-state index contributed by atoms with van der Waals surface area (Å²) in [6.07, 6.45) is 1.63. The van der Waals surface area contributed by atoms with Gasteiger partial charge in [0.05, 0.1) is 17.2 Å². The summed E-state index contributed by atoms with van der Waals surface area (Å²) < 4.78 is 0. The number of carbonyl (C=O) groups is 1. The van der Waals surface area contributed by atoms with E-state index in [2.05, 4.69) is 33.4 Å². The Labute approximate surface area is 203 Å². The molecule has 0 saturated carbocycles. The molecule has 1 unspecified atom stereocenters. The summed E-state index contributed by atoms with van der Waals surface area (Å²) in [7, 11) is 0. The van der Waals surface area contributed by atoms with Crippen LogP contribution < -0.4 is 16.0 Å². The minimum Gasteiger partial charge on any atom is -0.383 e. The normalized spacial score (nSPS) is 15.4. The maximum Gasteiger partial charge on any atom is 0.215 e. The first-order valence-corrected chi connectivity index (χ1v) is 11.4. The number of hydrogen-bond acceptors (Lipinski definition) is 7. The van der Waals surface area contributed by atoms with E-state index in [9.17, 15) is 4.79 Å². The third kappa shape index (κ3) is 4.74. The molecule has 2 aromatic carbocycles. The maximum atomic E-state index is 13.4. The van der Waals surface area contributed by atoms with Gasteiger partial charge in [-0.1, -0.05) is 48.5 Å². The summed E-state index contributed by atoms with van der Waals surface area (Å²) in [6, 6.07) is 26.9. The van der Waals surface area contributed by atoms with Gasteiger partial charge in [0.15, 0.2) is 0 Å². The lowest BCUT2D eigenvalue weighted by atomic mass is 10.0. The molecular weight excluding hydrogens is 436 g/mol. The molecule has 0 spiro atoms. The number of anilines is 2. The fraction of sp³-hybridized carbons (Fsp3) is 0.143. The first-order valence-electron chi connectivity index (χ1n) is 11.4. The molecule has 0 amide bonds. The molecule has 3 N–H and O–H groups in total. The van der Waals surface area contributed by atoms with Crippen molar-refractivity contribution in [2.75, 3.05) is 30.3 Å². The molecule has 1 atom stereocenters. The highest BCUT2D eigenvalue weighted by Crippen LogP contribution is 2.26. The van der Waals surface area contributed by atoms with E-state index >= 15 is 0 Å². The number of nitriles is 1. The molecule has 7 heteroatoms. The Hall–Kier alpha value is -4.54. The first kappa shape index (κ1) is 22.3. The fourth-order valence-corrected chi connectivity index (χ4v) is 4.28. The van der Waals surface area contributed by atoms with E-state index in [-0.39, 0.29) is 17.6 Å². The van der Waals surface area contributed by atoms with E-state index in [1.54, 1.807) is 30.5 Å². The third-order valence-electron chi connectivity index (χ3n) is 6.18. The molecule has 7 nitrogen and oxygen atoms in total. The van der Waals surface area contributed by atoms with Crippen LogP contribution in [0, 0.1) is 11.3 Å². The average molecular weight is 461 g/mol. The number of nitrogens with two attached hydrogens (primary N) is 1. The van der Waals surface area contributed by atoms with Gasteiger partial charge in [-0.3, -0.25) is 4.79 Å². The summed E-state index contributed by atoms with van der Waals surface area (Å²) in [5.74, 6) is 0.640. The molecule has 5 rings (SSSR count). The minimum atomic E-state index is -0.276. The summed E-state index contributed by atoms with van der Waals surface area (Å²) in [6.45, 7) is 2.38. The van der Waals surface area contributed by atoms with Crippen LogP contribution in [0.4, 0.5) is 11.6 Å². The topological polar surface area (TPSA) is 108 Å². The second kappa shape index (κ2) is 9.75. The smallest absolute Gasteiger partial charge is 0.215 e. The number of ketones is 1. The van der Waals surface area contributed by atoms with Crippen LogP contribution in [0.2, 0.25) is 0 Å². The molecule has 0 bridgehead atoms. The number of nitrogens with zero attached hydrogens (tertiary/aromatic N) is 4. The number of piperazine rings is 1. The van der Waals surface area contributed by atoms with Crippen LogP contribution in [0.1, 0.15) is 33.2 Å². The second-order valence-corrected chi connectivity index (χ2v) is 8.42. The van der Waals surface area contributed by atoms with Crippen LogP contribution in [-0.4, -0.2) is 35.4 Å². The Morgan fingerprint density at radius 1 is 1.03 bits per heavy atom. The molecular formula is C28H24N6O. The second-order valence-electron chi connectivity index (χ2n) is 8.42. The monoisotopic (exact) mass is 460 g/mol. The molecule has 1 saturated heterocycles.